The van der Waals surface area contributed by atoms with Crippen LogP contribution in [-0.2, 0) is 44.2 Å². The molecule has 1 aromatic rings. The Morgan fingerprint density at radius 1 is 0.812 bits per heavy atom. The highest BCUT2D eigenvalue weighted by Crippen LogP contribution is 2.14. The quantitative estimate of drug-likeness (QED) is 0.0492. The van der Waals surface area contributed by atoms with Crippen molar-refractivity contribution in [1.29, 1.82) is 0 Å². The van der Waals surface area contributed by atoms with Crippen LogP contribution in [0.3, 0.4) is 0 Å². The molecule has 0 bridgehead atoms. The fraction of sp³-hybridized carbons (Fsp3) is 0.571. The molecular weight excluding hydrogens is 678 g/mol. The minimum Gasteiger partial charge on any atom is -0.481 e. The molecule has 0 aliphatic rings. The van der Waals surface area contributed by atoms with Gasteiger partial charge in [0.15, 0.2) is 5.78 Å². The number of carboxylic acid groups (broad SMARTS) is 1. The second-order valence-corrected chi connectivity index (χ2v) is 13.9. The first kappa shape index (κ1) is 41.9. The van der Waals surface area contributed by atoms with Crippen LogP contribution < -0.4 is 27.0 Å². The van der Waals surface area contributed by atoms with E-state index < -0.39 is 98.5 Å². The molecule has 0 aliphatic carbocycles. The van der Waals surface area contributed by atoms with Gasteiger partial charge in [0.1, 0.15) is 17.8 Å². The number of carbonyl (C=O) groups excluding carboxylic acids is 5. The molecule has 0 radical (unpaired) electrons. The van der Waals surface area contributed by atoms with Gasteiger partial charge in [-0.3, -0.25) is 37.9 Å². The van der Waals surface area contributed by atoms with Crippen LogP contribution in [0.4, 0.5) is 5.69 Å². The zero-order valence-corrected chi connectivity index (χ0v) is 28.0. The Bertz CT molecular complexity index is 1500. The molecule has 18 nitrogen and oxygen atoms in total. The maximum Gasteiger partial charge on any atom is 0.303 e. The second-order valence-electron chi connectivity index (χ2n) is 11.0. The van der Waals surface area contributed by atoms with E-state index >= 15 is 0 Å². The molecule has 1 rings (SSSR count). The molecule has 4 amide bonds. The van der Waals surface area contributed by atoms with E-state index in [2.05, 4.69) is 16.0 Å². The van der Waals surface area contributed by atoms with Gasteiger partial charge in [0.2, 0.25) is 17.7 Å². The molecule has 20 heteroatoms. The Kier molecular flexibility index (Phi) is 17.7. The van der Waals surface area contributed by atoms with Gasteiger partial charge in [-0.1, -0.05) is 6.92 Å². The van der Waals surface area contributed by atoms with Crippen LogP contribution in [0.15, 0.2) is 24.3 Å². The standard InChI is InChI=1S/C28H43N5O13S2/c1-2-13-30-20-11-9-18(10-12-20)27(39)31-14-4-3-6-21(26(29)38)33-28(40)19(16-47(41,42)43)15-23(34)22(17-48(44,45)46)32-24(35)7-5-8-25(36)37/h9-12,19,21-22,30H,2-8,13-17H2,1H3,(H2,29,38)(H,31,39)(H,32,35)(H,33,40)(H,36,37)(H,41,42,43)(H,44,45,46)/t19-,21-,22-/m0/s1. The number of benzene rings is 1. The summed E-state index contributed by atoms with van der Waals surface area (Å²) in [6.07, 6.45) is -0.611. The van der Waals surface area contributed by atoms with Gasteiger partial charge in [-0.25, -0.2) is 0 Å². The number of aliphatic carboxylic acids is 1. The summed E-state index contributed by atoms with van der Waals surface area (Å²) >= 11 is 0. The lowest BCUT2D eigenvalue weighted by Gasteiger charge is -2.22. The fourth-order valence-electron chi connectivity index (χ4n) is 4.32. The number of hydrogen-bond donors (Lipinski definition) is 8. The summed E-state index contributed by atoms with van der Waals surface area (Å²) in [7, 11) is -9.82. The van der Waals surface area contributed by atoms with Gasteiger partial charge in [-0.05, 0) is 56.4 Å². The van der Waals surface area contributed by atoms with Crippen molar-refractivity contribution in [3.8, 4) is 0 Å². The van der Waals surface area contributed by atoms with E-state index in [0.717, 1.165) is 18.7 Å². The van der Waals surface area contributed by atoms with Gasteiger partial charge in [0.05, 0.1) is 11.7 Å². The maximum absolute atomic E-state index is 13.0. The van der Waals surface area contributed by atoms with Crippen molar-refractivity contribution in [2.75, 3.05) is 29.9 Å². The number of Topliss-reactive ketones (excluding diaryl/α,β-unsaturated/α-hetero) is 1. The van der Waals surface area contributed by atoms with Crippen molar-refractivity contribution in [2.45, 2.75) is 70.4 Å². The van der Waals surface area contributed by atoms with Crippen molar-refractivity contribution in [1.82, 2.24) is 16.0 Å². The Hall–Kier alpha value is -4.14. The molecule has 0 unspecified atom stereocenters. The fourth-order valence-corrected chi connectivity index (χ4v) is 5.79. The minimum absolute atomic E-state index is 0.0565. The van der Waals surface area contributed by atoms with Gasteiger partial charge < -0.3 is 32.1 Å². The number of unbranched alkanes of at least 4 members (excludes halogenated alkanes) is 1. The van der Waals surface area contributed by atoms with E-state index in [-0.39, 0.29) is 31.7 Å². The third-order valence-electron chi connectivity index (χ3n) is 6.72. The Labute approximate surface area is 278 Å². The van der Waals surface area contributed by atoms with Crippen LogP contribution in [0, 0.1) is 5.92 Å². The second kappa shape index (κ2) is 20.3. The molecule has 0 aromatic heterocycles. The van der Waals surface area contributed by atoms with Crippen molar-refractivity contribution < 1.29 is 59.8 Å². The number of nitrogens with two attached hydrogens (primary N) is 1. The van der Waals surface area contributed by atoms with E-state index in [1.54, 1.807) is 24.3 Å². The summed E-state index contributed by atoms with van der Waals surface area (Å²) in [6, 6.07) is 3.51. The van der Waals surface area contributed by atoms with Crippen molar-refractivity contribution >= 4 is 61.3 Å². The molecule has 0 saturated carbocycles. The van der Waals surface area contributed by atoms with E-state index in [1.807, 2.05) is 12.2 Å². The first-order chi connectivity index (χ1) is 22.3. The summed E-state index contributed by atoms with van der Waals surface area (Å²) in [5.74, 6) is -10.5. The lowest BCUT2D eigenvalue weighted by Crippen LogP contribution is -2.50. The van der Waals surface area contributed by atoms with Crippen LogP contribution >= 0.6 is 0 Å². The molecule has 0 heterocycles. The number of carboxylic acids is 1. The van der Waals surface area contributed by atoms with Crippen LogP contribution in [0.25, 0.3) is 0 Å². The highest BCUT2D eigenvalue weighted by atomic mass is 32.2. The molecule has 48 heavy (non-hydrogen) atoms. The number of carbonyl (C=O) groups is 6. The number of amides is 4. The van der Waals surface area contributed by atoms with E-state index in [4.69, 9.17) is 10.8 Å². The molecule has 0 aliphatic heterocycles. The average Bonchev–Trinajstić information content (AvgIpc) is 2.96. The van der Waals surface area contributed by atoms with Crippen molar-refractivity contribution in [3.05, 3.63) is 29.8 Å². The summed E-state index contributed by atoms with van der Waals surface area (Å²) < 4.78 is 64.9. The minimum atomic E-state index is -4.92. The smallest absolute Gasteiger partial charge is 0.303 e. The van der Waals surface area contributed by atoms with E-state index in [1.165, 1.54) is 0 Å². The predicted molar refractivity (Wildman–Crippen MR) is 172 cm³/mol. The lowest BCUT2D eigenvalue weighted by atomic mass is 9.98. The Balaban J connectivity index is 2.85. The van der Waals surface area contributed by atoms with Gasteiger partial charge in [-0.15, -0.1) is 0 Å². The van der Waals surface area contributed by atoms with E-state index in [9.17, 15) is 54.7 Å². The van der Waals surface area contributed by atoms with Crippen LogP contribution in [0.5, 0.6) is 0 Å². The molecule has 0 fully saturated rings. The number of hydrogen-bond acceptors (Lipinski definition) is 11. The number of anilines is 1. The summed E-state index contributed by atoms with van der Waals surface area (Å²) in [6.45, 7) is 3.01. The van der Waals surface area contributed by atoms with E-state index in [0.29, 0.717) is 12.0 Å². The Morgan fingerprint density at radius 2 is 1.44 bits per heavy atom. The molecule has 270 valence electrons. The maximum atomic E-state index is 13.0. The molecule has 9 N–H and O–H groups in total. The van der Waals surface area contributed by atoms with Gasteiger partial charge in [0.25, 0.3) is 26.1 Å². The van der Waals surface area contributed by atoms with Crippen LogP contribution in [0.2, 0.25) is 0 Å². The lowest BCUT2D eigenvalue weighted by molar-refractivity contribution is -0.137. The van der Waals surface area contributed by atoms with Crippen molar-refractivity contribution in [3.63, 3.8) is 0 Å². The Morgan fingerprint density at radius 3 is 1.98 bits per heavy atom. The molecular formula is C28H43N5O13S2. The highest BCUT2D eigenvalue weighted by molar-refractivity contribution is 7.86. The summed E-state index contributed by atoms with van der Waals surface area (Å²) in [4.78, 5) is 73.2. The SMILES string of the molecule is CCCNc1ccc(C(=O)NCCCC[C@H](NC(=O)[C@@H](CC(=O)[C@H](CS(=O)(=O)O)NC(=O)CCCC(=O)O)CS(=O)(=O)O)C(N)=O)cc1. The van der Waals surface area contributed by atoms with Crippen LogP contribution in [0.1, 0.15) is 68.6 Å². The monoisotopic (exact) mass is 721 g/mol. The third kappa shape index (κ3) is 18.3. The number of rotatable bonds is 24. The normalized spacial score (nSPS) is 13.4. The zero-order chi connectivity index (χ0) is 36.5. The zero-order valence-electron chi connectivity index (χ0n) is 26.3. The summed E-state index contributed by atoms with van der Waals surface area (Å²) in [5.41, 5.74) is 6.68. The molecule has 3 atom stereocenters. The average molecular weight is 722 g/mol. The van der Waals surface area contributed by atoms with Crippen molar-refractivity contribution in [2.24, 2.45) is 11.7 Å². The molecule has 1 aromatic carbocycles. The van der Waals surface area contributed by atoms with Crippen LogP contribution in [-0.4, -0.2) is 103 Å². The predicted octanol–water partition coefficient (Wildman–Crippen LogP) is -0.531. The topological polar surface area (TPSA) is 306 Å². The van der Waals surface area contributed by atoms with Gasteiger partial charge >= 0.3 is 5.97 Å². The molecule has 0 saturated heterocycles. The highest BCUT2D eigenvalue weighted by Gasteiger charge is 2.34. The summed E-state index contributed by atoms with van der Waals surface area (Å²) in [5, 5.41) is 18.8. The third-order valence-corrected chi connectivity index (χ3v) is 8.30. The van der Waals surface area contributed by atoms with Gasteiger partial charge in [0, 0.05) is 43.6 Å². The first-order valence-electron chi connectivity index (χ1n) is 15.0. The first-order valence-corrected chi connectivity index (χ1v) is 18.2. The van der Waals surface area contributed by atoms with Gasteiger partial charge in [-0.2, -0.15) is 16.8 Å². The number of primary amides is 1. The molecule has 0 spiro atoms. The number of nitrogens with one attached hydrogen (secondary N) is 4. The largest absolute Gasteiger partial charge is 0.481 e. The number of ketones is 1.